The minimum absolute atomic E-state index is 0.617. The molecule has 0 aliphatic heterocycles. The van der Waals surface area contributed by atoms with E-state index in [4.69, 9.17) is 0 Å². The number of hydrogen-bond acceptors (Lipinski definition) is 6. The highest BCUT2D eigenvalue weighted by atomic mass is 32.1. The summed E-state index contributed by atoms with van der Waals surface area (Å²) >= 11 is 1.31. The summed E-state index contributed by atoms with van der Waals surface area (Å²) in [6.45, 7) is 0.617. The van der Waals surface area contributed by atoms with E-state index < -0.39 is 0 Å². The number of aromatic nitrogens is 3. The monoisotopic (exact) mass is 182 g/mol. The lowest BCUT2D eigenvalue weighted by Crippen LogP contribution is -1.98. The van der Waals surface area contributed by atoms with Gasteiger partial charge in [-0.3, -0.25) is 0 Å². The maximum absolute atomic E-state index is 4.66. The van der Waals surface area contributed by atoms with Gasteiger partial charge in [0.25, 0.3) is 0 Å². The van der Waals surface area contributed by atoms with Crippen LogP contribution in [0.1, 0.15) is 5.69 Å². The number of nitrogens with one attached hydrogen (secondary N) is 1. The van der Waals surface area contributed by atoms with E-state index in [1.165, 1.54) is 24.1 Å². The molecule has 0 saturated heterocycles. The van der Waals surface area contributed by atoms with Crippen LogP contribution < -0.4 is 5.32 Å². The van der Waals surface area contributed by atoms with Crippen molar-refractivity contribution in [3.8, 4) is 0 Å². The van der Waals surface area contributed by atoms with Crippen LogP contribution in [0.5, 0.6) is 0 Å². The lowest BCUT2D eigenvalue weighted by molar-refractivity contribution is 0.412. The first-order valence-electron chi connectivity index (χ1n) is 3.35. The first kappa shape index (κ1) is 7.23. The summed E-state index contributed by atoms with van der Waals surface area (Å²) in [7, 11) is 0. The van der Waals surface area contributed by atoms with Gasteiger partial charge in [0, 0.05) is 17.6 Å². The van der Waals surface area contributed by atoms with Crippen molar-refractivity contribution in [2.45, 2.75) is 6.54 Å². The molecule has 1 N–H and O–H groups in total. The van der Waals surface area contributed by atoms with E-state index in [2.05, 4.69) is 24.4 Å². The summed E-state index contributed by atoms with van der Waals surface area (Å²) in [5.74, 6) is 0. The van der Waals surface area contributed by atoms with Crippen LogP contribution in [0.3, 0.4) is 0 Å². The van der Waals surface area contributed by atoms with Gasteiger partial charge in [-0.05, 0) is 0 Å². The maximum Gasteiger partial charge on any atom is 0.202 e. The number of anilines is 1. The number of hydrogen-bond donors (Lipinski definition) is 1. The molecule has 2 aromatic rings. The van der Waals surface area contributed by atoms with Crippen LogP contribution in [0.2, 0.25) is 0 Å². The third-order valence-corrected chi connectivity index (χ3v) is 1.90. The minimum atomic E-state index is 0.617. The molecule has 0 spiro atoms. The first-order valence-corrected chi connectivity index (χ1v) is 4.12. The van der Waals surface area contributed by atoms with E-state index in [1.54, 1.807) is 6.07 Å². The molecule has 0 amide bonds. The summed E-state index contributed by atoms with van der Waals surface area (Å²) in [4.78, 5) is 3.95. The Bertz CT molecular complexity index is 283. The minimum Gasteiger partial charge on any atom is -0.364 e. The fourth-order valence-corrected chi connectivity index (χ4v) is 1.17. The molecule has 0 aliphatic carbocycles. The Balaban J connectivity index is 1.91. The van der Waals surface area contributed by atoms with Gasteiger partial charge >= 0.3 is 0 Å². The van der Waals surface area contributed by atoms with Crippen molar-refractivity contribution in [2.24, 2.45) is 0 Å². The van der Waals surface area contributed by atoms with Gasteiger partial charge in [-0.15, -0.1) is 0 Å². The van der Waals surface area contributed by atoms with Gasteiger partial charge in [0.05, 0.1) is 6.54 Å². The molecule has 0 fully saturated rings. The highest BCUT2D eigenvalue weighted by molar-refractivity contribution is 7.09. The van der Waals surface area contributed by atoms with Crippen LogP contribution in [0.25, 0.3) is 0 Å². The summed E-state index contributed by atoms with van der Waals surface area (Å²) in [6.07, 6.45) is 3.05. The van der Waals surface area contributed by atoms with Gasteiger partial charge in [-0.25, -0.2) is 4.98 Å². The topological polar surface area (TPSA) is 63.8 Å². The van der Waals surface area contributed by atoms with Crippen LogP contribution in [-0.2, 0) is 6.54 Å². The van der Waals surface area contributed by atoms with E-state index in [0.717, 1.165) is 10.8 Å². The predicted molar refractivity (Wildman–Crippen MR) is 43.7 cm³/mol. The molecule has 0 bridgehead atoms. The zero-order chi connectivity index (χ0) is 8.23. The molecule has 62 valence electrons. The lowest BCUT2D eigenvalue weighted by atomic mass is 10.4. The summed E-state index contributed by atoms with van der Waals surface area (Å²) in [6, 6.07) is 1.80. The van der Waals surface area contributed by atoms with Crippen molar-refractivity contribution in [1.29, 1.82) is 0 Å². The van der Waals surface area contributed by atoms with Crippen LogP contribution in [0.15, 0.2) is 23.2 Å². The Morgan fingerprint density at radius 2 is 2.58 bits per heavy atom. The largest absolute Gasteiger partial charge is 0.364 e. The second kappa shape index (κ2) is 3.31. The summed E-state index contributed by atoms with van der Waals surface area (Å²) in [5.41, 5.74) is 0.852. The first-order chi connectivity index (χ1) is 5.95. The molecule has 2 aromatic heterocycles. The van der Waals surface area contributed by atoms with Crippen molar-refractivity contribution >= 4 is 16.7 Å². The van der Waals surface area contributed by atoms with Gasteiger partial charge in [0.2, 0.25) is 5.13 Å². The Morgan fingerprint density at radius 3 is 3.25 bits per heavy atom. The molecule has 12 heavy (non-hydrogen) atoms. The molecule has 0 saturated carbocycles. The van der Waals surface area contributed by atoms with Crippen molar-refractivity contribution < 1.29 is 4.52 Å². The second-order valence-electron chi connectivity index (χ2n) is 2.09. The van der Waals surface area contributed by atoms with E-state index >= 15 is 0 Å². The Kier molecular flexibility index (Phi) is 2.00. The molecule has 2 heterocycles. The fourth-order valence-electron chi connectivity index (χ4n) is 0.746. The van der Waals surface area contributed by atoms with Crippen molar-refractivity contribution in [3.63, 3.8) is 0 Å². The SMILES string of the molecule is c1nsc(NCc2ccon2)n1. The van der Waals surface area contributed by atoms with E-state index in [-0.39, 0.29) is 0 Å². The molecule has 0 unspecified atom stereocenters. The predicted octanol–water partition coefficient (Wildman–Crippen LogP) is 1.14. The summed E-state index contributed by atoms with van der Waals surface area (Å²) < 4.78 is 8.51. The molecule has 0 radical (unpaired) electrons. The van der Waals surface area contributed by atoms with Crippen molar-refractivity contribution in [1.82, 2.24) is 14.5 Å². The lowest BCUT2D eigenvalue weighted by Gasteiger charge is -1.95. The molecule has 0 atom stereocenters. The van der Waals surface area contributed by atoms with E-state index in [1.807, 2.05) is 0 Å². The smallest absolute Gasteiger partial charge is 0.202 e. The Morgan fingerprint density at radius 1 is 1.58 bits per heavy atom. The molecule has 5 nitrogen and oxygen atoms in total. The van der Waals surface area contributed by atoms with E-state index in [9.17, 15) is 0 Å². The molecule has 0 aliphatic rings. The maximum atomic E-state index is 4.66. The van der Waals surface area contributed by atoms with Crippen LogP contribution >= 0.6 is 11.5 Å². The van der Waals surface area contributed by atoms with Crippen molar-refractivity contribution in [3.05, 3.63) is 24.4 Å². The van der Waals surface area contributed by atoms with Gasteiger partial charge < -0.3 is 9.84 Å². The third-order valence-electron chi connectivity index (χ3n) is 1.27. The van der Waals surface area contributed by atoms with Gasteiger partial charge in [0.15, 0.2) is 0 Å². The number of nitrogens with zero attached hydrogens (tertiary/aromatic N) is 3. The Labute approximate surface area is 72.6 Å². The molecule has 2 rings (SSSR count). The molecular formula is C6H6N4OS. The van der Waals surface area contributed by atoms with Crippen LogP contribution in [0.4, 0.5) is 5.13 Å². The average Bonchev–Trinajstić information content (AvgIpc) is 2.74. The van der Waals surface area contributed by atoms with Crippen LogP contribution in [-0.4, -0.2) is 14.5 Å². The second-order valence-corrected chi connectivity index (χ2v) is 2.87. The summed E-state index contributed by atoms with van der Waals surface area (Å²) in [5, 5.41) is 7.57. The van der Waals surface area contributed by atoms with E-state index in [0.29, 0.717) is 6.54 Å². The highest BCUT2D eigenvalue weighted by Crippen LogP contribution is 2.07. The number of rotatable bonds is 3. The molecule has 6 heteroatoms. The average molecular weight is 182 g/mol. The van der Waals surface area contributed by atoms with Gasteiger partial charge in [0.1, 0.15) is 18.3 Å². The quantitative estimate of drug-likeness (QED) is 0.771. The Hall–Kier alpha value is -1.43. The zero-order valence-corrected chi connectivity index (χ0v) is 6.91. The normalized spacial score (nSPS) is 10.0. The highest BCUT2D eigenvalue weighted by Gasteiger charge is 1.97. The third kappa shape index (κ3) is 1.59. The van der Waals surface area contributed by atoms with Gasteiger partial charge in [-0.1, -0.05) is 5.16 Å². The van der Waals surface area contributed by atoms with Crippen molar-refractivity contribution in [2.75, 3.05) is 5.32 Å². The molecular weight excluding hydrogens is 176 g/mol. The zero-order valence-electron chi connectivity index (χ0n) is 6.10. The van der Waals surface area contributed by atoms with Gasteiger partial charge in [-0.2, -0.15) is 4.37 Å². The standard InChI is InChI=1S/C6H6N4OS/c1-2-11-10-5(1)3-7-6-8-4-9-12-6/h1-2,4H,3H2,(H,7,8,9). The molecule has 0 aromatic carbocycles. The van der Waals surface area contributed by atoms with Crippen LogP contribution in [0, 0.1) is 0 Å². The fraction of sp³-hybridized carbons (Fsp3) is 0.167.